The van der Waals surface area contributed by atoms with E-state index in [1.807, 2.05) is 23.1 Å². The molecule has 7 nitrogen and oxygen atoms in total. The Balaban J connectivity index is 0.000000712. The van der Waals surface area contributed by atoms with E-state index in [4.69, 9.17) is 11.6 Å². The molecular weight excluding hydrogens is 467 g/mol. The molecule has 0 atom stereocenters. The van der Waals surface area contributed by atoms with Gasteiger partial charge in [-0.2, -0.15) is 23.2 Å². The number of carbonyl (C=O) groups is 1. The molecular formula is C27H40ClLiN6O-2. The molecule has 0 radical (unpaired) electrons. The molecule has 36 heavy (non-hydrogen) atoms. The molecule has 1 aliphatic heterocycles. The average Bonchev–Trinajstić information content (AvgIpc) is 2.86. The molecule has 1 aromatic carbocycles. The van der Waals surface area contributed by atoms with Crippen LogP contribution in [0.5, 0.6) is 0 Å². The number of nitrogens with zero attached hydrogens (tertiary/aromatic N) is 4. The van der Waals surface area contributed by atoms with Crippen LogP contribution < -0.4 is 29.5 Å². The predicted octanol–water partition coefficient (Wildman–Crippen LogP) is 2.59. The molecule has 2 aromatic rings. The second-order valence-electron chi connectivity index (χ2n) is 8.74. The Bertz CT molecular complexity index is 904. The molecule has 2 heterocycles. The van der Waals surface area contributed by atoms with Crippen LogP contribution in [0.25, 0.3) is 0 Å². The number of rotatable bonds is 11. The third kappa shape index (κ3) is 10.7. The quantitative estimate of drug-likeness (QED) is 0.277. The van der Waals surface area contributed by atoms with Gasteiger partial charge in [0.2, 0.25) is 11.9 Å². The first-order valence-electron chi connectivity index (χ1n) is 12.5. The summed E-state index contributed by atoms with van der Waals surface area (Å²) < 4.78 is 0. The van der Waals surface area contributed by atoms with Crippen LogP contribution in [0.3, 0.4) is 0 Å². The van der Waals surface area contributed by atoms with Gasteiger partial charge in [0.05, 0.1) is 6.20 Å². The molecule has 9 heteroatoms. The standard InChI is InChI=1S/C21H27ClN5O.C6H13N.Li/c1-15(2)16-8-3-4-9-18(16)25-21-24-14-17(22)20(26-21)23-11-7-13-27-12-6-5-10-19(27)28;1-4-7(5-2)6-3;/h4,8-9,14-15H,5-7,10-13H2,1-2H3,(H2,23,24,25,26);1-2,4-6H2,3H3;/q-1;-2;+1. The number of amides is 1. The van der Waals surface area contributed by atoms with Crippen molar-refractivity contribution in [2.75, 3.05) is 49.9 Å². The Morgan fingerprint density at radius 3 is 2.64 bits per heavy atom. The fraction of sp³-hybridized carbons (Fsp3) is 0.519. The molecule has 2 N–H and O–H groups in total. The number of likely N-dealkylation sites (tertiary alicyclic amines) is 1. The zero-order valence-electron chi connectivity index (χ0n) is 22.4. The third-order valence-electron chi connectivity index (χ3n) is 5.91. The summed E-state index contributed by atoms with van der Waals surface area (Å²) in [4.78, 5) is 24.8. The summed E-state index contributed by atoms with van der Waals surface area (Å²) in [5.74, 6) is 1.71. The Morgan fingerprint density at radius 1 is 1.28 bits per heavy atom. The first-order valence-corrected chi connectivity index (χ1v) is 12.9. The number of hydrogen-bond donors (Lipinski definition) is 2. The van der Waals surface area contributed by atoms with Gasteiger partial charge in [-0.05, 0) is 25.8 Å². The number of aromatic nitrogens is 2. The van der Waals surface area contributed by atoms with E-state index >= 15 is 0 Å². The molecule has 0 saturated carbocycles. The number of carbonyl (C=O) groups excluding carboxylic acids is 1. The van der Waals surface area contributed by atoms with E-state index in [1.54, 1.807) is 6.20 Å². The molecule has 1 fully saturated rings. The first kappa shape index (κ1) is 32.2. The van der Waals surface area contributed by atoms with E-state index in [0.717, 1.165) is 63.2 Å². The van der Waals surface area contributed by atoms with E-state index in [-0.39, 0.29) is 24.8 Å². The second kappa shape index (κ2) is 17.6. The molecule has 1 aliphatic rings. The Kier molecular flexibility index (Phi) is 15.8. The summed E-state index contributed by atoms with van der Waals surface area (Å²) in [6, 6.07) is 8.92. The minimum Gasteiger partial charge on any atom is -0.369 e. The van der Waals surface area contributed by atoms with Gasteiger partial charge in [0.25, 0.3) is 0 Å². The van der Waals surface area contributed by atoms with Crippen LogP contribution in [0.4, 0.5) is 17.5 Å². The van der Waals surface area contributed by atoms with E-state index < -0.39 is 0 Å². The fourth-order valence-corrected chi connectivity index (χ4v) is 3.87. The van der Waals surface area contributed by atoms with Crippen molar-refractivity contribution in [3.63, 3.8) is 0 Å². The van der Waals surface area contributed by atoms with Crippen LogP contribution in [0.2, 0.25) is 5.02 Å². The Labute approximate surface area is 235 Å². The van der Waals surface area contributed by atoms with Gasteiger partial charge >= 0.3 is 18.9 Å². The average molecular weight is 507 g/mol. The molecule has 0 spiro atoms. The van der Waals surface area contributed by atoms with Gasteiger partial charge < -0.3 is 34.3 Å². The number of nitrogens with one attached hydrogen (secondary N) is 2. The van der Waals surface area contributed by atoms with Crippen LogP contribution in [0, 0.1) is 19.9 Å². The number of anilines is 3. The maximum absolute atomic E-state index is 11.9. The van der Waals surface area contributed by atoms with Gasteiger partial charge in [-0.25, -0.2) is 4.98 Å². The predicted molar refractivity (Wildman–Crippen MR) is 146 cm³/mol. The number of hydrogen-bond acceptors (Lipinski definition) is 6. The largest absolute Gasteiger partial charge is 1.00 e. The van der Waals surface area contributed by atoms with Crippen molar-refractivity contribution in [3.8, 4) is 0 Å². The topological polar surface area (TPSA) is 73.4 Å². The molecule has 1 aromatic heterocycles. The SMILES string of the molecule is CC(C)c1c[c-]ccc1Nc1ncc(Cl)c(NCCCN2CCCCC2=O)n1.[CH2-]CN(C[CH2-])CC.[Li+]. The van der Waals surface area contributed by atoms with Crippen molar-refractivity contribution in [2.24, 2.45) is 0 Å². The maximum Gasteiger partial charge on any atom is 1.00 e. The minimum absolute atomic E-state index is 0. The van der Waals surface area contributed by atoms with Crippen molar-refractivity contribution < 1.29 is 23.7 Å². The second-order valence-corrected chi connectivity index (χ2v) is 9.14. The zero-order valence-corrected chi connectivity index (χ0v) is 23.2. The van der Waals surface area contributed by atoms with Crippen molar-refractivity contribution in [1.82, 2.24) is 19.8 Å². The summed E-state index contributed by atoms with van der Waals surface area (Å²) in [7, 11) is 0. The van der Waals surface area contributed by atoms with Gasteiger partial charge in [-0.3, -0.25) is 4.79 Å². The van der Waals surface area contributed by atoms with Crippen LogP contribution in [-0.4, -0.2) is 64.9 Å². The number of piperidine rings is 1. The van der Waals surface area contributed by atoms with Gasteiger partial charge in [-0.15, -0.1) is 24.7 Å². The molecule has 0 bridgehead atoms. The van der Waals surface area contributed by atoms with Crippen LogP contribution in [-0.2, 0) is 4.79 Å². The maximum atomic E-state index is 11.9. The van der Waals surface area contributed by atoms with E-state index in [0.29, 0.717) is 35.7 Å². The molecule has 194 valence electrons. The summed E-state index contributed by atoms with van der Waals surface area (Å²) >= 11 is 6.25. The van der Waals surface area contributed by atoms with Crippen LogP contribution >= 0.6 is 11.6 Å². The van der Waals surface area contributed by atoms with Gasteiger partial charge in [-0.1, -0.05) is 44.0 Å². The van der Waals surface area contributed by atoms with Crippen LogP contribution in [0.15, 0.2) is 24.4 Å². The summed E-state index contributed by atoms with van der Waals surface area (Å²) in [5, 5.41) is 7.02. The Hall–Kier alpha value is -1.78. The van der Waals surface area contributed by atoms with Gasteiger partial charge in [0.1, 0.15) is 10.8 Å². The third-order valence-corrected chi connectivity index (χ3v) is 6.18. The van der Waals surface area contributed by atoms with Crippen molar-refractivity contribution in [2.45, 2.75) is 52.4 Å². The van der Waals surface area contributed by atoms with Gasteiger partial charge in [0, 0.05) is 26.1 Å². The normalized spacial score (nSPS) is 13.2. The van der Waals surface area contributed by atoms with Crippen molar-refractivity contribution in [3.05, 3.63) is 54.9 Å². The minimum atomic E-state index is 0. The number of benzene rings is 1. The molecule has 1 saturated heterocycles. The molecule has 0 aliphatic carbocycles. The van der Waals surface area contributed by atoms with Crippen molar-refractivity contribution >= 4 is 35.0 Å². The number of halogens is 1. The summed E-state index contributed by atoms with van der Waals surface area (Å²) in [6.45, 7) is 18.9. The smallest absolute Gasteiger partial charge is 0.369 e. The summed E-state index contributed by atoms with van der Waals surface area (Å²) in [5.41, 5.74) is 2.12. The van der Waals surface area contributed by atoms with Crippen LogP contribution in [0.1, 0.15) is 57.9 Å². The first-order chi connectivity index (χ1) is 16.9. The zero-order chi connectivity index (χ0) is 25.6. The molecule has 0 unspecified atom stereocenters. The monoisotopic (exact) mass is 506 g/mol. The van der Waals surface area contributed by atoms with E-state index in [2.05, 4.69) is 66.2 Å². The summed E-state index contributed by atoms with van der Waals surface area (Å²) in [6.07, 6.45) is 5.23. The van der Waals surface area contributed by atoms with E-state index in [1.165, 1.54) is 0 Å². The molecule has 3 rings (SSSR count). The van der Waals surface area contributed by atoms with E-state index in [9.17, 15) is 4.79 Å². The van der Waals surface area contributed by atoms with Gasteiger partial charge in [0.15, 0.2) is 0 Å². The fourth-order valence-electron chi connectivity index (χ4n) is 3.71. The van der Waals surface area contributed by atoms with Crippen molar-refractivity contribution in [1.29, 1.82) is 0 Å². The Morgan fingerprint density at radius 2 is 2.03 bits per heavy atom. The molecule has 1 amide bonds.